The molecule has 0 fully saturated rings. The number of halogens is 1. The van der Waals surface area contributed by atoms with E-state index in [9.17, 15) is 4.39 Å². The van der Waals surface area contributed by atoms with E-state index in [0.717, 1.165) is 29.7 Å². The van der Waals surface area contributed by atoms with E-state index in [0.29, 0.717) is 6.61 Å². The van der Waals surface area contributed by atoms with Crippen LogP contribution in [-0.2, 0) is 11.4 Å². The van der Waals surface area contributed by atoms with Gasteiger partial charge in [-0.25, -0.2) is 4.39 Å². The highest BCUT2D eigenvalue weighted by atomic mass is 19.1. The highest BCUT2D eigenvalue weighted by molar-refractivity contribution is 6.00. The van der Waals surface area contributed by atoms with Gasteiger partial charge in [0.15, 0.2) is 0 Å². The van der Waals surface area contributed by atoms with Gasteiger partial charge in [-0.15, -0.1) is 0 Å². The summed E-state index contributed by atoms with van der Waals surface area (Å²) in [5.41, 5.74) is 2.83. The maximum absolute atomic E-state index is 12.9. The molecule has 0 atom stereocenters. The Kier molecular flexibility index (Phi) is 5.30. The largest absolute Gasteiger partial charge is 0.391 e. The zero-order valence-corrected chi connectivity index (χ0v) is 11.6. The van der Waals surface area contributed by atoms with Crippen molar-refractivity contribution in [1.29, 1.82) is 0 Å². The molecule has 0 aliphatic heterocycles. The minimum absolute atomic E-state index is 0.241. The minimum Gasteiger partial charge on any atom is -0.391 e. The Morgan fingerprint density at radius 3 is 2.40 bits per heavy atom. The van der Waals surface area contributed by atoms with Gasteiger partial charge in [0.1, 0.15) is 12.4 Å². The second kappa shape index (κ2) is 7.43. The molecule has 0 unspecified atom stereocenters. The maximum atomic E-state index is 12.9. The van der Waals surface area contributed by atoms with Crippen LogP contribution < -0.4 is 0 Å². The summed E-state index contributed by atoms with van der Waals surface area (Å²) in [4.78, 5) is 5.41. The van der Waals surface area contributed by atoms with Crippen LogP contribution in [0, 0.1) is 5.82 Å². The van der Waals surface area contributed by atoms with E-state index in [1.54, 1.807) is 12.1 Å². The average molecular weight is 271 g/mol. The van der Waals surface area contributed by atoms with Crippen LogP contribution in [0.25, 0.3) is 0 Å². The Bertz CT molecular complexity index is 549. The molecular weight excluding hydrogens is 253 g/mol. The summed E-state index contributed by atoms with van der Waals surface area (Å²) in [6.07, 6.45) is 1.77. The first-order valence-corrected chi connectivity index (χ1v) is 6.78. The Morgan fingerprint density at radius 1 is 1.05 bits per heavy atom. The van der Waals surface area contributed by atoms with Gasteiger partial charge in [-0.05, 0) is 29.7 Å². The van der Waals surface area contributed by atoms with E-state index >= 15 is 0 Å². The van der Waals surface area contributed by atoms with Crippen LogP contribution in [0.5, 0.6) is 0 Å². The van der Waals surface area contributed by atoms with Gasteiger partial charge in [0.2, 0.25) is 0 Å². The topological polar surface area (TPSA) is 21.6 Å². The predicted octanol–water partition coefficient (Wildman–Crippen LogP) is 4.55. The van der Waals surface area contributed by atoms with Gasteiger partial charge in [0, 0.05) is 0 Å². The van der Waals surface area contributed by atoms with Gasteiger partial charge >= 0.3 is 0 Å². The van der Waals surface area contributed by atoms with E-state index in [4.69, 9.17) is 4.84 Å². The van der Waals surface area contributed by atoms with E-state index in [1.165, 1.54) is 12.1 Å². The van der Waals surface area contributed by atoms with Crippen LogP contribution in [0.3, 0.4) is 0 Å². The zero-order chi connectivity index (χ0) is 14.2. The van der Waals surface area contributed by atoms with Gasteiger partial charge in [0.25, 0.3) is 0 Å². The van der Waals surface area contributed by atoms with Crippen molar-refractivity contribution < 1.29 is 9.23 Å². The molecule has 0 N–H and O–H groups in total. The first-order chi connectivity index (χ1) is 9.79. The summed E-state index contributed by atoms with van der Waals surface area (Å²) in [7, 11) is 0. The molecule has 0 bridgehead atoms. The Morgan fingerprint density at radius 2 is 1.75 bits per heavy atom. The maximum Gasteiger partial charge on any atom is 0.142 e. The van der Waals surface area contributed by atoms with Crippen molar-refractivity contribution in [3.8, 4) is 0 Å². The van der Waals surface area contributed by atoms with Crippen molar-refractivity contribution in [3.05, 3.63) is 71.5 Å². The number of oxime groups is 1. The summed E-state index contributed by atoms with van der Waals surface area (Å²) in [5, 5.41) is 4.20. The number of benzene rings is 2. The summed E-state index contributed by atoms with van der Waals surface area (Å²) in [6, 6.07) is 16.2. The van der Waals surface area contributed by atoms with Crippen molar-refractivity contribution >= 4 is 5.71 Å². The van der Waals surface area contributed by atoms with Crippen LogP contribution >= 0.6 is 0 Å². The lowest BCUT2D eigenvalue weighted by Crippen LogP contribution is -2.02. The Labute approximate surface area is 118 Å². The average Bonchev–Trinajstić information content (AvgIpc) is 2.48. The van der Waals surface area contributed by atoms with Gasteiger partial charge in [-0.3, -0.25) is 0 Å². The van der Waals surface area contributed by atoms with Crippen LogP contribution in [-0.4, -0.2) is 5.71 Å². The van der Waals surface area contributed by atoms with E-state index in [2.05, 4.69) is 12.1 Å². The van der Waals surface area contributed by atoms with Gasteiger partial charge in [-0.2, -0.15) is 0 Å². The fourth-order valence-electron chi connectivity index (χ4n) is 1.88. The SMILES string of the molecule is CCC/C(=N\OCc1ccccc1)c1ccc(F)cc1. The molecule has 104 valence electrons. The van der Waals surface area contributed by atoms with Gasteiger partial charge in [-0.1, -0.05) is 61.0 Å². The normalized spacial score (nSPS) is 11.4. The molecule has 0 spiro atoms. The molecule has 0 saturated heterocycles. The smallest absolute Gasteiger partial charge is 0.142 e. The summed E-state index contributed by atoms with van der Waals surface area (Å²) in [5.74, 6) is -0.241. The van der Waals surface area contributed by atoms with E-state index in [1.807, 2.05) is 30.3 Å². The monoisotopic (exact) mass is 271 g/mol. The summed E-state index contributed by atoms with van der Waals surface area (Å²) in [6.45, 7) is 2.52. The molecular formula is C17H18FNO. The zero-order valence-electron chi connectivity index (χ0n) is 11.6. The van der Waals surface area contributed by atoms with Crippen LogP contribution in [0.15, 0.2) is 59.8 Å². The first-order valence-electron chi connectivity index (χ1n) is 6.78. The molecule has 3 heteroatoms. The second-order valence-electron chi connectivity index (χ2n) is 4.55. The quantitative estimate of drug-likeness (QED) is 0.558. The number of hydrogen-bond donors (Lipinski definition) is 0. The molecule has 0 aliphatic carbocycles. The van der Waals surface area contributed by atoms with Crippen molar-refractivity contribution in [1.82, 2.24) is 0 Å². The molecule has 2 nitrogen and oxygen atoms in total. The van der Waals surface area contributed by atoms with Crippen molar-refractivity contribution in [2.24, 2.45) is 5.16 Å². The third-order valence-electron chi connectivity index (χ3n) is 2.91. The van der Waals surface area contributed by atoms with Gasteiger partial charge < -0.3 is 4.84 Å². The molecule has 2 aromatic carbocycles. The van der Waals surface area contributed by atoms with Crippen molar-refractivity contribution in [2.75, 3.05) is 0 Å². The Hall–Kier alpha value is -2.16. The molecule has 0 amide bonds. The third-order valence-corrected chi connectivity index (χ3v) is 2.91. The standard InChI is InChI=1S/C17H18FNO/c1-2-6-17(15-9-11-16(18)12-10-15)19-20-13-14-7-4-3-5-8-14/h3-5,7-12H,2,6,13H2,1H3/b19-17+. The first kappa shape index (κ1) is 14.3. The lowest BCUT2D eigenvalue weighted by molar-refractivity contribution is 0.130. The van der Waals surface area contributed by atoms with E-state index in [-0.39, 0.29) is 5.82 Å². The Balaban J connectivity index is 2.04. The molecule has 2 aromatic rings. The molecule has 0 radical (unpaired) electrons. The van der Waals surface area contributed by atoms with Crippen LogP contribution in [0.1, 0.15) is 30.9 Å². The summed E-state index contributed by atoms with van der Waals surface area (Å²) < 4.78 is 12.9. The highest BCUT2D eigenvalue weighted by Crippen LogP contribution is 2.10. The second-order valence-corrected chi connectivity index (χ2v) is 4.55. The lowest BCUT2D eigenvalue weighted by atomic mass is 10.1. The van der Waals surface area contributed by atoms with E-state index < -0.39 is 0 Å². The summed E-state index contributed by atoms with van der Waals surface area (Å²) >= 11 is 0. The molecule has 20 heavy (non-hydrogen) atoms. The molecule has 2 rings (SSSR count). The van der Waals surface area contributed by atoms with Crippen molar-refractivity contribution in [3.63, 3.8) is 0 Å². The van der Waals surface area contributed by atoms with Crippen molar-refractivity contribution in [2.45, 2.75) is 26.4 Å². The van der Waals surface area contributed by atoms with Gasteiger partial charge in [0.05, 0.1) is 5.71 Å². The third kappa shape index (κ3) is 4.19. The molecule has 0 saturated carbocycles. The lowest BCUT2D eigenvalue weighted by Gasteiger charge is -2.06. The molecule has 0 aliphatic rings. The fraction of sp³-hybridized carbons (Fsp3) is 0.235. The van der Waals surface area contributed by atoms with Crippen LogP contribution in [0.4, 0.5) is 4.39 Å². The highest BCUT2D eigenvalue weighted by Gasteiger charge is 2.04. The van der Waals surface area contributed by atoms with Crippen LogP contribution in [0.2, 0.25) is 0 Å². The predicted molar refractivity (Wildman–Crippen MR) is 79.1 cm³/mol. The molecule has 0 aromatic heterocycles. The number of rotatable bonds is 6. The minimum atomic E-state index is -0.241. The fourth-order valence-corrected chi connectivity index (χ4v) is 1.88. The number of nitrogens with zero attached hydrogens (tertiary/aromatic N) is 1. The number of hydrogen-bond acceptors (Lipinski definition) is 2. The molecule has 0 heterocycles.